The first-order valence-corrected chi connectivity index (χ1v) is 11.9. The van der Waals surface area contributed by atoms with Crippen LogP contribution in [0.3, 0.4) is 0 Å². The Bertz CT molecular complexity index is 1340. The van der Waals surface area contributed by atoms with E-state index in [-0.39, 0.29) is 0 Å². The molecular weight excluding hydrogens is 426 g/mol. The molecule has 172 valence electrons. The Morgan fingerprint density at radius 3 is 1.06 bits per heavy atom. The minimum atomic E-state index is 0.799. The van der Waals surface area contributed by atoms with Crippen molar-refractivity contribution in [3.63, 3.8) is 0 Å². The first-order valence-electron chi connectivity index (χ1n) is 11.9. The molecule has 0 fully saturated rings. The summed E-state index contributed by atoms with van der Waals surface area (Å²) in [5.74, 6) is 0. The van der Waals surface area contributed by atoms with Crippen molar-refractivity contribution in [1.82, 2.24) is 0 Å². The van der Waals surface area contributed by atoms with Crippen LogP contribution in [0, 0.1) is 0 Å². The summed E-state index contributed by atoms with van der Waals surface area (Å²) in [6, 6.07) is 44.2. The normalized spacial score (nSPS) is 10.6. The molecule has 0 aromatic heterocycles. The van der Waals surface area contributed by atoms with E-state index in [0.717, 1.165) is 41.3 Å². The number of nitrogens with one attached hydrogen (secondary N) is 2. The molecule has 0 saturated carbocycles. The van der Waals surface area contributed by atoms with Crippen LogP contribution in [0.25, 0.3) is 0 Å². The highest BCUT2D eigenvalue weighted by Gasteiger charge is 2.01. The molecular formula is C32H29N3. The van der Waals surface area contributed by atoms with Crippen molar-refractivity contribution in [3.05, 3.63) is 150 Å². The smallest absolute Gasteiger partial charge is 0.0384 e. The molecule has 0 bridgehead atoms. The maximum atomic E-state index is 5.78. The molecule has 5 rings (SSSR count). The number of hydrogen-bond donors (Lipinski definition) is 3. The number of anilines is 5. The molecule has 0 amide bonds. The van der Waals surface area contributed by atoms with E-state index in [1.807, 2.05) is 30.3 Å². The second-order valence-electron chi connectivity index (χ2n) is 8.80. The van der Waals surface area contributed by atoms with E-state index in [4.69, 9.17) is 5.73 Å². The maximum Gasteiger partial charge on any atom is 0.0384 e. The number of nitrogen functional groups attached to an aromatic ring is 1. The lowest BCUT2D eigenvalue weighted by molar-refractivity contribution is 1.19. The highest BCUT2D eigenvalue weighted by Crippen LogP contribution is 2.22. The second kappa shape index (κ2) is 10.6. The Morgan fingerprint density at radius 1 is 0.371 bits per heavy atom. The topological polar surface area (TPSA) is 50.1 Å². The van der Waals surface area contributed by atoms with Gasteiger partial charge in [0, 0.05) is 28.4 Å². The van der Waals surface area contributed by atoms with Crippen LogP contribution in [-0.4, -0.2) is 0 Å². The molecule has 0 aliphatic carbocycles. The summed E-state index contributed by atoms with van der Waals surface area (Å²) < 4.78 is 0. The summed E-state index contributed by atoms with van der Waals surface area (Å²) in [7, 11) is 0. The monoisotopic (exact) mass is 455 g/mol. The lowest BCUT2D eigenvalue weighted by Crippen LogP contribution is -1.94. The van der Waals surface area contributed by atoms with Crippen LogP contribution in [0.5, 0.6) is 0 Å². The standard InChI is InChI=1S/C32H29N3/c33-28-14-6-24(7-15-28)22-25-10-18-31(19-11-25)35-32-20-12-27(13-21-32)23-26-8-16-30(17-9-26)34-29-4-2-1-3-5-29/h1-21,34-35H,22-23,33H2. The van der Waals surface area contributed by atoms with Crippen LogP contribution in [0.2, 0.25) is 0 Å². The van der Waals surface area contributed by atoms with E-state index in [1.54, 1.807) is 0 Å². The molecule has 0 spiro atoms. The Balaban J connectivity index is 1.15. The summed E-state index contributed by atoms with van der Waals surface area (Å²) in [6.07, 6.45) is 1.81. The van der Waals surface area contributed by atoms with Crippen LogP contribution in [0.15, 0.2) is 127 Å². The third-order valence-electron chi connectivity index (χ3n) is 6.01. The maximum absolute atomic E-state index is 5.78. The van der Waals surface area contributed by atoms with Gasteiger partial charge in [-0.1, -0.05) is 66.7 Å². The molecule has 3 heteroatoms. The number of hydrogen-bond acceptors (Lipinski definition) is 3. The van der Waals surface area contributed by atoms with Crippen molar-refractivity contribution >= 4 is 28.4 Å². The average molecular weight is 456 g/mol. The van der Waals surface area contributed by atoms with Gasteiger partial charge in [0.1, 0.15) is 0 Å². The second-order valence-corrected chi connectivity index (χ2v) is 8.80. The van der Waals surface area contributed by atoms with Gasteiger partial charge < -0.3 is 16.4 Å². The summed E-state index contributed by atoms with van der Waals surface area (Å²) in [6.45, 7) is 0. The molecule has 0 heterocycles. The Hall–Kier alpha value is -4.50. The first-order chi connectivity index (χ1) is 17.2. The van der Waals surface area contributed by atoms with Crippen molar-refractivity contribution < 1.29 is 0 Å². The van der Waals surface area contributed by atoms with E-state index in [2.05, 4.69) is 108 Å². The molecule has 5 aromatic carbocycles. The first kappa shape index (κ1) is 22.3. The number of nitrogens with two attached hydrogens (primary N) is 1. The van der Waals surface area contributed by atoms with E-state index >= 15 is 0 Å². The summed E-state index contributed by atoms with van der Waals surface area (Å²) in [4.78, 5) is 0. The van der Waals surface area contributed by atoms with Crippen LogP contribution in [-0.2, 0) is 12.8 Å². The number of benzene rings is 5. The fourth-order valence-electron chi connectivity index (χ4n) is 4.08. The molecule has 0 saturated heterocycles. The lowest BCUT2D eigenvalue weighted by Gasteiger charge is -2.10. The van der Waals surface area contributed by atoms with Crippen molar-refractivity contribution in [2.24, 2.45) is 0 Å². The van der Waals surface area contributed by atoms with Gasteiger partial charge in [-0.05, 0) is 95.8 Å². The zero-order chi connectivity index (χ0) is 23.9. The van der Waals surface area contributed by atoms with Crippen LogP contribution < -0.4 is 16.4 Å². The van der Waals surface area contributed by atoms with Crippen molar-refractivity contribution in [2.45, 2.75) is 12.8 Å². The highest BCUT2D eigenvalue weighted by molar-refractivity contribution is 5.61. The molecule has 0 atom stereocenters. The van der Waals surface area contributed by atoms with Gasteiger partial charge in [0.15, 0.2) is 0 Å². The van der Waals surface area contributed by atoms with E-state index in [9.17, 15) is 0 Å². The van der Waals surface area contributed by atoms with E-state index in [1.165, 1.54) is 22.3 Å². The molecule has 5 aromatic rings. The zero-order valence-corrected chi connectivity index (χ0v) is 19.6. The van der Waals surface area contributed by atoms with Crippen LogP contribution in [0.4, 0.5) is 28.4 Å². The summed E-state index contributed by atoms with van der Waals surface area (Å²) in [5.41, 5.74) is 16.1. The van der Waals surface area contributed by atoms with Crippen molar-refractivity contribution in [3.8, 4) is 0 Å². The largest absolute Gasteiger partial charge is 0.399 e. The van der Waals surface area contributed by atoms with Gasteiger partial charge in [-0.15, -0.1) is 0 Å². The molecule has 0 aliphatic heterocycles. The fourth-order valence-corrected chi connectivity index (χ4v) is 4.08. The fraction of sp³-hybridized carbons (Fsp3) is 0.0625. The van der Waals surface area contributed by atoms with E-state index < -0.39 is 0 Å². The van der Waals surface area contributed by atoms with Gasteiger partial charge >= 0.3 is 0 Å². The Labute approximate surface area is 207 Å². The van der Waals surface area contributed by atoms with Crippen molar-refractivity contribution in [1.29, 1.82) is 0 Å². The quantitative estimate of drug-likeness (QED) is 0.208. The minimum Gasteiger partial charge on any atom is -0.399 e. The molecule has 0 unspecified atom stereocenters. The van der Waals surface area contributed by atoms with Crippen molar-refractivity contribution in [2.75, 3.05) is 16.4 Å². The Kier molecular flexibility index (Phi) is 6.77. The van der Waals surface area contributed by atoms with E-state index in [0.29, 0.717) is 0 Å². The molecule has 35 heavy (non-hydrogen) atoms. The SMILES string of the molecule is Nc1ccc(Cc2ccc(Nc3ccc(Cc4ccc(Nc5ccccc5)cc4)cc3)cc2)cc1. The van der Waals surface area contributed by atoms with Gasteiger partial charge in [-0.25, -0.2) is 0 Å². The third-order valence-corrected chi connectivity index (χ3v) is 6.01. The molecule has 0 radical (unpaired) electrons. The van der Waals surface area contributed by atoms with Gasteiger partial charge in [-0.2, -0.15) is 0 Å². The van der Waals surface area contributed by atoms with Gasteiger partial charge in [-0.3, -0.25) is 0 Å². The average Bonchev–Trinajstić information content (AvgIpc) is 2.89. The zero-order valence-electron chi connectivity index (χ0n) is 19.6. The minimum absolute atomic E-state index is 0.799. The van der Waals surface area contributed by atoms with Gasteiger partial charge in [0.2, 0.25) is 0 Å². The van der Waals surface area contributed by atoms with Crippen LogP contribution in [0.1, 0.15) is 22.3 Å². The predicted molar refractivity (Wildman–Crippen MR) is 149 cm³/mol. The van der Waals surface area contributed by atoms with Gasteiger partial charge in [0.25, 0.3) is 0 Å². The predicted octanol–water partition coefficient (Wildman–Crippen LogP) is 7.94. The Morgan fingerprint density at radius 2 is 0.686 bits per heavy atom. The summed E-state index contributed by atoms with van der Waals surface area (Å²) >= 11 is 0. The third kappa shape index (κ3) is 6.30. The molecule has 4 N–H and O–H groups in total. The summed E-state index contributed by atoms with van der Waals surface area (Å²) in [5, 5.41) is 6.93. The highest BCUT2D eigenvalue weighted by atomic mass is 14.9. The molecule has 0 aliphatic rings. The van der Waals surface area contributed by atoms with Crippen LogP contribution >= 0.6 is 0 Å². The van der Waals surface area contributed by atoms with Gasteiger partial charge in [0.05, 0.1) is 0 Å². The molecule has 3 nitrogen and oxygen atoms in total. The number of para-hydroxylation sites is 1. The number of rotatable bonds is 8. The lowest BCUT2D eigenvalue weighted by atomic mass is 10.0.